The summed E-state index contributed by atoms with van der Waals surface area (Å²) in [6.07, 6.45) is 1.04. The van der Waals surface area contributed by atoms with Crippen LogP contribution in [0, 0.1) is 5.92 Å². The lowest BCUT2D eigenvalue weighted by Gasteiger charge is -2.34. The lowest BCUT2D eigenvalue weighted by molar-refractivity contribution is 0.376. The van der Waals surface area contributed by atoms with E-state index in [0.717, 1.165) is 19.5 Å². The van der Waals surface area contributed by atoms with Gasteiger partial charge in [-0.05, 0) is 24.5 Å². The maximum atomic E-state index is 9.84. The van der Waals surface area contributed by atoms with Gasteiger partial charge in [-0.25, -0.2) is 0 Å². The topological polar surface area (TPSA) is 91.1 Å². The number of phenolic OH excluding ortho intramolecular Hbond substituents is 1. The smallest absolute Gasteiger partial charge is 0.245 e. The summed E-state index contributed by atoms with van der Waals surface area (Å²) in [6, 6.07) is 7.23. The zero-order valence-electron chi connectivity index (χ0n) is 11.5. The van der Waals surface area contributed by atoms with Crippen molar-refractivity contribution in [1.29, 1.82) is 0 Å². The van der Waals surface area contributed by atoms with Crippen molar-refractivity contribution in [3.05, 3.63) is 24.3 Å². The van der Waals surface area contributed by atoms with Crippen molar-refractivity contribution in [2.75, 3.05) is 18.0 Å². The molecule has 2 aromatic rings. The number of piperidine rings is 1. The SMILES string of the molecule is CC1CCN(c2n[nH]c(-c3ccccc3O)n2)CC1N. The second-order valence-corrected chi connectivity index (χ2v) is 5.38. The van der Waals surface area contributed by atoms with Gasteiger partial charge in [-0.15, -0.1) is 5.10 Å². The van der Waals surface area contributed by atoms with E-state index >= 15 is 0 Å². The Morgan fingerprint density at radius 3 is 2.95 bits per heavy atom. The number of benzene rings is 1. The molecule has 4 N–H and O–H groups in total. The lowest BCUT2D eigenvalue weighted by atomic mass is 9.95. The van der Waals surface area contributed by atoms with E-state index in [4.69, 9.17) is 5.73 Å². The second-order valence-electron chi connectivity index (χ2n) is 5.38. The molecule has 0 amide bonds. The summed E-state index contributed by atoms with van der Waals surface area (Å²) >= 11 is 0. The lowest BCUT2D eigenvalue weighted by Crippen LogP contribution is -2.48. The summed E-state index contributed by atoms with van der Waals surface area (Å²) in [4.78, 5) is 6.56. The molecule has 1 aromatic carbocycles. The van der Waals surface area contributed by atoms with Crippen molar-refractivity contribution < 1.29 is 5.11 Å². The van der Waals surface area contributed by atoms with Gasteiger partial charge in [0.1, 0.15) is 5.75 Å². The van der Waals surface area contributed by atoms with Gasteiger partial charge < -0.3 is 15.7 Å². The molecule has 0 bridgehead atoms. The molecule has 6 heteroatoms. The molecule has 0 spiro atoms. The molecule has 3 rings (SSSR count). The zero-order chi connectivity index (χ0) is 14.1. The zero-order valence-corrected chi connectivity index (χ0v) is 11.5. The number of phenols is 1. The van der Waals surface area contributed by atoms with Crippen LogP contribution in [0.5, 0.6) is 5.75 Å². The largest absolute Gasteiger partial charge is 0.507 e. The number of nitrogens with two attached hydrogens (primary N) is 1. The highest BCUT2D eigenvalue weighted by molar-refractivity contribution is 5.64. The Balaban J connectivity index is 1.82. The number of para-hydroxylation sites is 1. The first-order valence-corrected chi connectivity index (χ1v) is 6.86. The van der Waals surface area contributed by atoms with Crippen LogP contribution >= 0.6 is 0 Å². The van der Waals surface area contributed by atoms with E-state index in [0.29, 0.717) is 23.3 Å². The molecule has 2 unspecified atom stereocenters. The highest BCUT2D eigenvalue weighted by Crippen LogP contribution is 2.27. The number of nitrogens with one attached hydrogen (secondary N) is 1. The molecule has 0 radical (unpaired) electrons. The fourth-order valence-electron chi connectivity index (χ4n) is 2.47. The molecule has 2 heterocycles. The molecule has 1 saturated heterocycles. The normalized spacial score (nSPS) is 23.0. The minimum absolute atomic E-state index is 0.149. The number of rotatable bonds is 2. The van der Waals surface area contributed by atoms with E-state index in [1.165, 1.54) is 0 Å². The third-order valence-corrected chi connectivity index (χ3v) is 3.93. The molecule has 2 atom stereocenters. The molecule has 6 nitrogen and oxygen atoms in total. The Bertz CT molecular complexity index is 597. The molecule has 1 fully saturated rings. The predicted octanol–water partition coefficient (Wildman–Crippen LogP) is 1.35. The molecule has 20 heavy (non-hydrogen) atoms. The monoisotopic (exact) mass is 273 g/mol. The predicted molar refractivity (Wildman–Crippen MR) is 77.5 cm³/mol. The maximum absolute atomic E-state index is 9.84. The van der Waals surface area contributed by atoms with Crippen molar-refractivity contribution in [3.63, 3.8) is 0 Å². The van der Waals surface area contributed by atoms with Crippen LogP contribution in [0.3, 0.4) is 0 Å². The van der Waals surface area contributed by atoms with Crippen LogP contribution in [0.2, 0.25) is 0 Å². The van der Waals surface area contributed by atoms with Crippen LogP contribution in [-0.4, -0.2) is 39.4 Å². The molecular formula is C14H19N5O. The minimum atomic E-state index is 0.149. The first kappa shape index (κ1) is 12.9. The molecule has 1 aliphatic rings. The minimum Gasteiger partial charge on any atom is -0.507 e. The van der Waals surface area contributed by atoms with Gasteiger partial charge in [-0.1, -0.05) is 19.1 Å². The molecule has 0 saturated carbocycles. The van der Waals surface area contributed by atoms with Crippen LogP contribution in [0.1, 0.15) is 13.3 Å². The first-order chi connectivity index (χ1) is 9.65. The molecule has 1 aromatic heterocycles. The Hall–Kier alpha value is -2.08. The number of hydrogen-bond acceptors (Lipinski definition) is 5. The van der Waals surface area contributed by atoms with Gasteiger partial charge in [-0.3, -0.25) is 5.10 Å². The van der Waals surface area contributed by atoms with Gasteiger partial charge in [0.05, 0.1) is 5.56 Å². The summed E-state index contributed by atoms with van der Waals surface area (Å²) in [5.41, 5.74) is 6.75. The van der Waals surface area contributed by atoms with Gasteiger partial charge in [0.15, 0.2) is 5.82 Å². The number of aromatic nitrogens is 3. The van der Waals surface area contributed by atoms with Crippen molar-refractivity contribution in [2.24, 2.45) is 11.7 Å². The fraction of sp³-hybridized carbons (Fsp3) is 0.429. The van der Waals surface area contributed by atoms with Crippen molar-refractivity contribution in [2.45, 2.75) is 19.4 Å². The molecular weight excluding hydrogens is 254 g/mol. The third kappa shape index (κ3) is 2.34. The molecule has 0 aliphatic carbocycles. The van der Waals surface area contributed by atoms with Crippen molar-refractivity contribution in [1.82, 2.24) is 15.2 Å². The van der Waals surface area contributed by atoms with Crippen LogP contribution in [0.4, 0.5) is 5.95 Å². The summed E-state index contributed by atoms with van der Waals surface area (Å²) in [5.74, 6) is 1.94. The summed E-state index contributed by atoms with van der Waals surface area (Å²) in [7, 11) is 0. The number of nitrogens with zero attached hydrogens (tertiary/aromatic N) is 3. The van der Waals surface area contributed by atoms with E-state index < -0.39 is 0 Å². The van der Waals surface area contributed by atoms with Crippen molar-refractivity contribution in [3.8, 4) is 17.1 Å². The van der Waals surface area contributed by atoms with Gasteiger partial charge in [-0.2, -0.15) is 4.98 Å². The van der Waals surface area contributed by atoms with E-state index in [1.54, 1.807) is 12.1 Å². The Morgan fingerprint density at radius 2 is 2.20 bits per heavy atom. The van der Waals surface area contributed by atoms with Crippen LogP contribution in [0.15, 0.2) is 24.3 Å². The quantitative estimate of drug-likeness (QED) is 0.768. The Kier molecular flexibility index (Phi) is 3.31. The number of H-pyrrole nitrogens is 1. The van der Waals surface area contributed by atoms with Crippen LogP contribution in [-0.2, 0) is 0 Å². The standard InChI is InChI=1S/C14H19N5O/c1-9-6-7-19(8-11(9)15)14-16-13(17-18-14)10-4-2-3-5-12(10)20/h2-5,9,11,20H,6-8,15H2,1H3,(H,16,17,18). The average Bonchev–Trinajstić information content (AvgIpc) is 2.92. The third-order valence-electron chi connectivity index (χ3n) is 3.93. The van der Waals surface area contributed by atoms with Gasteiger partial charge in [0, 0.05) is 19.1 Å². The summed E-state index contributed by atoms with van der Waals surface area (Å²) in [5, 5.41) is 17.0. The number of aromatic amines is 1. The summed E-state index contributed by atoms with van der Waals surface area (Å²) in [6.45, 7) is 3.85. The highest BCUT2D eigenvalue weighted by Gasteiger charge is 2.25. The Labute approximate surface area is 117 Å². The number of hydrogen-bond donors (Lipinski definition) is 3. The van der Waals surface area contributed by atoms with Gasteiger partial charge >= 0.3 is 0 Å². The van der Waals surface area contributed by atoms with E-state index in [9.17, 15) is 5.11 Å². The van der Waals surface area contributed by atoms with Crippen LogP contribution in [0.25, 0.3) is 11.4 Å². The van der Waals surface area contributed by atoms with Crippen LogP contribution < -0.4 is 10.6 Å². The fourth-order valence-corrected chi connectivity index (χ4v) is 2.47. The Morgan fingerprint density at radius 1 is 1.40 bits per heavy atom. The van der Waals surface area contributed by atoms with E-state index in [2.05, 4.69) is 27.0 Å². The molecule has 106 valence electrons. The molecule has 1 aliphatic heterocycles. The van der Waals surface area contributed by atoms with E-state index in [-0.39, 0.29) is 11.8 Å². The summed E-state index contributed by atoms with van der Waals surface area (Å²) < 4.78 is 0. The number of anilines is 1. The van der Waals surface area contributed by atoms with Gasteiger partial charge in [0.2, 0.25) is 5.95 Å². The average molecular weight is 273 g/mol. The first-order valence-electron chi connectivity index (χ1n) is 6.86. The highest BCUT2D eigenvalue weighted by atomic mass is 16.3. The second kappa shape index (κ2) is 5.13. The maximum Gasteiger partial charge on any atom is 0.245 e. The van der Waals surface area contributed by atoms with Crippen molar-refractivity contribution >= 4 is 5.95 Å². The van der Waals surface area contributed by atoms with E-state index in [1.807, 2.05) is 12.1 Å². The number of aromatic hydroxyl groups is 1. The van der Waals surface area contributed by atoms with Gasteiger partial charge in [0.25, 0.3) is 0 Å².